The number of piperidine rings is 1. The number of para-hydroxylation sites is 1. The van der Waals surface area contributed by atoms with E-state index in [4.69, 9.17) is 4.74 Å². The van der Waals surface area contributed by atoms with Crippen LogP contribution in [0.5, 0.6) is 5.75 Å². The molecule has 0 aromatic heterocycles. The van der Waals surface area contributed by atoms with Crippen LogP contribution in [0, 0.1) is 5.82 Å². The number of hydrogen-bond acceptors (Lipinski definition) is 2. The molecule has 176 valence electrons. The lowest BCUT2D eigenvalue weighted by molar-refractivity contribution is 0.209. The highest BCUT2D eigenvalue weighted by Crippen LogP contribution is 2.38. The molecule has 33 heavy (non-hydrogen) atoms. The van der Waals surface area contributed by atoms with Crippen molar-refractivity contribution in [3.05, 3.63) is 82.7 Å². The highest BCUT2D eigenvalue weighted by atomic mass is 19.1. The van der Waals surface area contributed by atoms with Crippen LogP contribution in [0.1, 0.15) is 75.8 Å². The molecule has 0 atom stereocenters. The monoisotopic (exact) mass is 447 g/mol. The summed E-state index contributed by atoms with van der Waals surface area (Å²) in [5.74, 6) is 0.715. The molecule has 1 saturated heterocycles. The van der Waals surface area contributed by atoms with E-state index >= 15 is 0 Å². The van der Waals surface area contributed by atoms with E-state index < -0.39 is 0 Å². The minimum atomic E-state index is -0.295. The fourth-order valence-electron chi connectivity index (χ4n) is 5.14. The number of hydrogen-bond donors (Lipinski definition) is 0. The van der Waals surface area contributed by atoms with Crippen molar-refractivity contribution in [2.75, 3.05) is 26.2 Å². The van der Waals surface area contributed by atoms with Crippen LogP contribution in [0.2, 0.25) is 0 Å². The third-order valence-electron chi connectivity index (χ3n) is 7.51. The first-order chi connectivity index (χ1) is 16.2. The van der Waals surface area contributed by atoms with Gasteiger partial charge in [-0.05, 0) is 119 Å². The molecule has 0 spiro atoms. The Morgan fingerprint density at radius 3 is 2.48 bits per heavy atom. The molecule has 0 amide bonds. The number of likely N-dealkylation sites (tertiary alicyclic amines) is 1. The molecule has 1 saturated carbocycles. The van der Waals surface area contributed by atoms with Crippen molar-refractivity contribution in [1.82, 2.24) is 4.90 Å². The average molecular weight is 448 g/mol. The SMILES string of the molecule is C/C=C(\CCCN1CCC(c2ccccc2C(C)=C2CCC2)CC1)COc1ccccc1F. The smallest absolute Gasteiger partial charge is 0.165 e. The molecule has 0 N–H and O–H groups in total. The topological polar surface area (TPSA) is 12.5 Å². The maximum absolute atomic E-state index is 13.8. The van der Waals surface area contributed by atoms with Gasteiger partial charge >= 0.3 is 0 Å². The summed E-state index contributed by atoms with van der Waals surface area (Å²) in [4.78, 5) is 2.61. The van der Waals surface area contributed by atoms with Gasteiger partial charge in [-0.1, -0.05) is 48.0 Å². The van der Waals surface area contributed by atoms with Crippen LogP contribution < -0.4 is 4.74 Å². The summed E-state index contributed by atoms with van der Waals surface area (Å²) >= 11 is 0. The molecule has 2 nitrogen and oxygen atoms in total. The predicted molar refractivity (Wildman–Crippen MR) is 136 cm³/mol. The first-order valence-electron chi connectivity index (χ1n) is 12.7. The molecular weight excluding hydrogens is 409 g/mol. The average Bonchev–Trinajstić information content (AvgIpc) is 2.81. The van der Waals surface area contributed by atoms with Gasteiger partial charge in [-0.2, -0.15) is 0 Å². The van der Waals surface area contributed by atoms with E-state index in [1.165, 1.54) is 68.0 Å². The van der Waals surface area contributed by atoms with Gasteiger partial charge in [0.2, 0.25) is 0 Å². The van der Waals surface area contributed by atoms with Crippen LogP contribution in [0.3, 0.4) is 0 Å². The van der Waals surface area contributed by atoms with Crippen LogP contribution in [-0.2, 0) is 0 Å². The second kappa shape index (κ2) is 11.7. The Kier molecular flexibility index (Phi) is 8.39. The van der Waals surface area contributed by atoms with Crippen molar-refractivity contribution in [3.63, 3.8) is 0 Å². The van der Waals surface area contributed by atoms with Gasteiger partial charge in [0.05, 0.1) is 0 Å². The van der Waals surface area contributed by atoms with Gasteiger partial charge < -0.3 is 9.64 Å². The molecule has 1 aliphatic carbocycles. The summed E-state index contributed by atoms with van der Waals surface area (Å²) in [5, 5.41) is 0. The molecule has 2 aliphatic rings. The van der Waals surface area contributed by atoms with Crippen LogP contribution in [0.25, 0.3) is 5.57 Å². The molecule has 2 fully saturated rings. The van der Waals surface area contributed by atoms with Gasteiger partial charge in [-0.25, -0.2) is 4.39 Å². The Morgan fingerprint density at radius 2 is 1.79 bits per heavy atom. The van der Waals surface area contributed by atoms with Crippen molar-refractivity contribution >= 4 is 5.57 Å². The van der Waals surface area contributed by atoms with E-state index in [9.17, 15) is 4.39 Å². The number of halogens is 1. The molecule has 0 unspecified atom stereocenters. The number of allylic oxidation sites excluding steroid dienone is 3. The molecule has 4 rings (SSSR count). The van der Waals surface area contributed by atoms with E-state index in [1.807, 2.05) is 6.92 Å². The third-order valence-corrected chi connectivity index (χ3v) is 7.51. The standard InChI is InChI=1S/C30H38FNO/c1-3-24(22-33-30-16-7-6-15-29(30)31)10-9-19-32-20-17-26(18-21-32)28-14-5-4-13-27(28)23(2)25-11-8-12-25/h3-7,13-16,26H,8-12,17-22H2,1-2H3/b24-3+. The van der Waals surface area contributed by atoms with E-state index in [-0.39, 0.29) is 5.82 Å². The fraction of sp³-hybridized carbons (Fsp3) is 0.467. The van der Waals surface area contributed by atoms with E-state index in [1.54, 1.807) is 29.3 Å². The number of rotatable bonds is 9. The Hall–Kier alpha value is -2.39. The Balaban J connectivity index is 1.23. The van der Waals surface area contributed by atoms with Crippen molar-refractivity contribution in [2.45, 2.75) is 64.7 Å². The maximum Gasteiger partial charge on any atom is 0.165 e. The van der Waals surface area contributed by atoms with Crippen LogP contribution >= 0.6 is 0 Å². The number of benzene rings is 2. The van der Waals surface area contributed by atoms with Crippen molar-refractivity contribution in [3.8, 4) is 5.75 Å². The van der Waals surface area contributed by atoms with Gasteiger partial charge in [0, 0.05) is 0 Å². The van der Waals surface area contributed by atoms with Gasteiger partial charge in [0.15, 0.2) is 11.6 Å². The summed E-state index contributed by atoms with van der Waals surface area (Å²) in [5.41, 5.74) is 7.50. The van der Waals surface area contributed by atoms with Gasteiger partial charge in [-0.3, -0.25) is 0 Å². The lowest BCUT2D eigenvalue weighted by Crippen LogP contribution is -2.34. The van der Waals surface area contributed by atoms with Crippen LogP contribution in [-0.4, -0.2) is 31.1 Å². The summed E-state index contributed by atoms with van der Waals surface area (Å²) in [7, 11) is 0. The Labute approximate surface area is 199 Å². The van der Waals surface area contributed by atoms with Crippen LogP contribution in [0.15, 0.2) is 65.8 Å². The highest BCUT2D eigenvalue weighted by molar-refractivity contribution is 5.71. The first-order valence-corrected chi connectivity index (χ1v) is 12.7. The largest absolute Gasteiger partial charge is 0.486 e. The minimum Gasteiger partial charge on any atom is -0.486 e. The van der Waals surface area contributed by atoms with Gasteiger partial charge in [-0.15, -0.1) is 0 Å². The molecule has 1 aliphatic heterocycles. The number of nitrogens with zero attached hydrogens (tertiary/aromatic N) is 1. The zero-order chi connectivity index (χ0) is 23.0. The quantitative estimate of drug-likeness (QED) is 0.364. The molecule has 0 bridgehead atoms. The van der Waals surface area contributed by atoms with Crippen molar-refractivity contribution in [2.24, 2.45) is 0 Å². The number of ether oxygens (including phenoxy) is 1. The second-order valence-electron chi connectivity index (χ2n) is 9.55. The summed E-state index contributed by atoms with van der Waals surface area (Å²) in [6.07, 6.45) is 10.7. The summed E-state index contributed by atoms with van der Waals surface area (Å²) in [6.45, 7) is 8.30. The van der Waals surface area contributed by atoms with E-state index in [0.29, 0.717) is 18.3 Å². The lowest BCUT2D eigenvalue weighted by Gasteiger charge is -2.33. The molecule has 3 heteroatoms. The minimum absolute atomic E-state index is 0.295. The first kappa shape index (κ1) is 23.8. The van der Waals surface area contributed by atoms with Gasteiger partial charge in [0.1, 0.15) is 6.61 Å². The zero-order valence-electron chi connectivity index (χ0n) is 20.3. The molecule has 0 radical (unpaired) electrons. The Morgan fingerprint density at radius 1 is 1.06 bits per heavy atom. The maximum atomic E-state index is 13.8. The van der Waals surface area contributed by atoms with E-state index in [2.05, 4.69) is 42.2 Å². The molecular formula is C30H38FNO. The molecule has 2 aromatic rings. The third kappa shape index (κ3) is 6.14. The highest BCUT2D eigenvalue weighted by Gasteiger charge is 2.23. The van der Waals surface area contributed by atoms with E-state index in [0.717, 1.165) is 19.4 Å². The lowest BCUT2D eigenvalue weighted by atomic mass is 9.80. The van der Waals surface area contributed by atoms with Crippen molar-refractivity contribution < 1.29 is 9.13 Å². The van der Waals surface area contributed by atoms with Crippen LogP contribution in [0.4, 0.5) is 4.39 Å². The second-order valence-corrected chi connectivity index (χ2v) is 9.55. The summed E-state index contributed by atoms with van der Waals surface area (Å²) < 4.78 is 19.5. The van der Waals surface area contributed by atoms with Crippen molar-refractivity contribution in [1.29, 1.82) is 0 Å². The normalized spacial score (nSPS) is 17.7. The predicted octanol–water partition coefficient (Wildman–Crippen LogP) is 7.77. The molecule has 2 aromatic carbocycles. The fourth-order valence-corrected chi connectivity index (χ4v) is 5.14. The molecule has 1 heterocycles. The van der Waals surface area contributed by atoms with Gasteiger partial charge in [0.25, 0.3) is 0 Å². The summed E-state index contributed by atoms with van der Waals surface area (Å²) in [6, 6.07) is 15.7. The zero-order valence-corrected chi connectivity index (χ0v) is 20.3. The Bertz CT molecular complexity index is 978.